The quantitative estimate of drug-likeness (QED) is 0.403. The normalized spacial score (nSPS) is 12.0. The van der Waals surface area contributed by atoms with Gasteiger partial charge in [-0.25, -0.2) is 0 Å². The second-order valence-corrected chi connectivity index (χ2v) is 8.31. The van der Waals surface area contributed by atoms with E-state index in [0.717, 1.165) is 28.3 Å². The summed E-state index contributed by atoms with van der Waals surface area (Å²) in [5, 5.41) is 12.4. The van der Waals surface area contributed by atoms with E-state index in [-0.39, 0.29) is 18.5 Å². The third kappa shape index (κ3) is 4.98. The molecule has 8 nitrogen and oxygen atoms in total. The standard InChI is InChI=1S/C24H21N5O3S/c30-22(26-13-18-6-7-20-21(12-18)32-16-31-20)15-33-24-28-27-23(19-8-10-25-11-9-19)29(24)14-17-4-2-1-3-5-17/h1-12H,13-16H2,(H,26,30). The summed E-state index contributed by atoms with van der Waals surface area (Å²) in [6, 6.07) is 19.6. The van der Waals surface area contributed by atoms with Gasteiger partial charge in [-0.3, -0.25) is 14.3 Å². The molecule has 0 unspecified atom stereocenters. The number of pyridine rings is 1. The maximum Gasteiger partial charge on any atom is 0.231 e. The Hall–Kier alpha value is -3.85. The number of amides is 1. The predicted octanol–water partition coefficient (Wildman–Crippen LogP) is 3.53. The summed E-state index contributed by atoms with van der Waals surface area (Å²) in [5.74, 6) is 2.31. The van der Waals surface area contributed by atoms with E-state index in [0.29, 0.717) is 24.0 Å². The van der Waals surface area contributed by atoms with Crippen molar-refractivity contribution in [2.24, 2.45) is 0 Å². The minimum absolute atomic E-state index is 0.0858. The zero-order chi connectivity index (χ0) is 22.5. The van der Waals surface area contributed by atoms with Crippen LogP contribution in [0.15, 0.2) is 78.2 Å². The van der Waals surface area contributed by atoms with Gasteiger partial charge in [0, 0.05) is 24.5 Å². The molecule has 1 N–H and O–H groups in total. The molecule has 1 aliphatic heterocycles. The van der Waals surface area contributed by atoms with E-state index in [1.54, 1.807) is 12.4 Å². The van der Waals surface area contributed by atoms with Crippen LogP contribution in [0.25, 0.3) is 11.4 Å². The molecular weight excluding hydrogens is 438 g/mol. The lowest BCUT2D eigenvalue weighted by Crippen LogP contribution is -2.24. The van der Waals surface area contributed by atoms with Crippen molar-refractivity contribution in [1.82, 2.24) is 25.1 Å². The van der Waals surface area contributed by atoms with Crippen molar-refractivity contribution in [1.29, 1.82) is 0 Å². The number of fused-ring (bicyclic) bond motifs is 1. The van der Waals surface area contributed by atoms with Gasteiger partial charge in [0.05, 0.1) is 12.3 Å². The van der Waals surface area contributed by atoms with E-state index in [1.165, 1.54) is 11.8 Å². The molecule has 2 aromatic heterocycles. The first-order chi connectivity index (χ1) is 16.3. The number of ether oxygens (including phenoxy) is 2. The van der Waals surface area contributed by atoms with Gasteiger partial charge in [-0.15, -0.1) is 10.2 Å². The van der Waals surface area contributed by atoms with E-state index < -0.39 is 0 Å². The van der Waals surface area contributed by atoms with Crippen LogP contribution in [-0.2, 0) is 17.9 Å². The third-order valence-corrected chi connectivity index (χ3v) is 6.06. The van der Waals surface area contributed by atoms with Crippen molar-refractivity contribution in [3.63, 3.8) is 0 Å². The van der Waals surface area contributed by atoms with Crippen LogP contribution in [0.3, 0.4) is 0 Å². The van der Waals surface area contributed by atoms with Crippen LogP contribution in [0.1, 0.15) is 11.1 Å². The van der Waals surface area contributed by atoms with E-state index in [2.05, 4.69) is 32.6 Å². The van der Waals surface area contributed by atoms with E-state index in [9.17, 15) is 4.79 Å². The molecule has 33 heavy (non-hydrogen) atoms. The maximum atomic E-state index is 12.5. The van der Waals surface area contributed by atoms with Gasteiger partial charge in [-0.05, 0) is 35.4 Å². The van der Waals surface area contributed by atoms with Crippen LogP contribution in [0.4, 0.5) is 0 Å². The molecule has 1 amide bonds. The number of carbonyl (C=O) groups is 1. The summed E-state index contributed by atoms with van der Waals surface area (Å²) in [5.41, 5.74) is 3.00. The Morgan fingerprint density at radius 1 is 0.970 bits per heavy atom. The van der Waals surface area contributed by atoms with Crippen molar-refractivity contribution in [3.05, 3.63) is 84.2 Å². The average molecular weight is 460 g/mol. The molecule has 4 aromatic rings. The van der Waals surface area contributed by atoms with Crippen LogP contribution >= 0.6 is 11.8 Å². The Bertz CT molecular complexity index is 1250. The van der Waals surface area contributed by atoms with Gasteiger partial charge >= 0.3 is 0 Å². The van der Waals surface area contributed by atoms with Gasteiger partial charge < -0.3 is 14.8 Å². The number of benzene rings is 2. The summed E-state index contributed by atoms with van der Waals surface area (Å²) >= 11 is 1.36. The van der Waals surface area contributed by atoms with Crippen LogP contribution in [-0.4, -0.2) is 38.2 Å². The number of thioether (sulfide) groups is 1. The Morgan fingerprint density at radius 2 is 1.79 bits per heavy atom. The lowest BCUT2D eigenvalue weighted by Gasteiger charge is -2.11. The lowest BCUT2D eigenvalue weighted by molar-refractivity contribution is -0.118. The predicted molar refractivity (Wildman–Crippen MR) is 124 cm³/mol. The van der Waals surface area contributed by atoms with Crippen LogP contribution in [0.5, 0.6) is 11.5 Å². The Kier molecular flexibility index (Phi) is 6.21. The van der Waals surface area contributed by atoms with Gasteiger partial charge in [0.1, 0.15) is 0 Å². The second kappa shape index (κ2) is 9.74. The van der Waals surface area contributed by atoms with Crippen molar-refractivity contribution in [3.8, 4) is 22.9 Å². The van der Waals surface area contributed by atoms with E-state index >= 15 is 0 Å². The summed E-state index contributed by atoms with van der Waals surface area (Å²) in [6.07, 6.45) is 3.46. The Morgan fingerprint density at radius 3 is 2.64 bits per heavy atom. The summed E-state index contributed by atoms with van der Waals surface area (Å²) < 4.78 is 12.7. The van der Waals surface area contributed by atoms with Crippen molar-refractivity contribution in [2.75, 3.05) is 12.5 Å². The van der Waals surface area contributed by atoms with Gasteiger partial charge in [0.15, 0.2) is 22.5 Å². The van der Waals surface area contributed by atoms with Gasteiger partial charge in [0.2, 0.25) is 12.7 Å². The molecule has 0 saturated heterocycles. The van der Waals surface area contributed by atoms with Crippen LogP contribution in [0, 0.1) is 0 Å². The van der Waals surface area contributed by atoms with Crippen molar-refractivity contribution >= 4 is 17.7 Å². The summed E-state index contributed by atoms with van der Waals surface area (Å²) in [4.78, 5) is 16.6. The first-order valence-corrected chi connectivity index (χ1v) is 11.4. The number of nitrogens with zero attached hydrogens (tertiary/aromatic N) is 4. The maximum absolute atomic E-state index is 12.5. The third-order valence-electron chi connectivity index (χ3n) is 5.10. The molecule has 3 heterocycles. The van der Waals surface area contributed by atoms with Gasteiger partial charge in [-0.1, -0.05) is 48.2 Å². The zero-order valence-corrected chi connectivity index (χ0v) is 18.5. The number of carbonyl (C=O) groups excluding carboxylic acids is 1. The van der Waals surface area contributed by atoms with Crippen molar-refractivity contribution < 1.29 is 14.3 Å². The molecule has 0 saturated carbocycles. The second-order valence-electron chi connectivity index (χ2n) is 7.37. The summed E-state index contributed by atoms with van der Waals surface area (Å²) in [6.45, 7) is 1.24. The smallest absolute Gasteiger partial charge is 0.231 e. The highest BCUT2D eigenvalue weighted by Gasteiger charge is 2.17. The highest BCUT2D eigenvalue weighted by molar-refractivity contribution is 7.99. The molecular formula is C24H21N5O3S. The minimum atomic E-state index is -0.0858. The number of hydrogen-bond donors (Lipinski definition) is 1. The highest BCUT2D eigenvalue weighted by atomic mass is 32.2. The van der Waals surface area contributed by atoms with Gasteiger partial charge in [-0.2, -0.15) is 0 Å². The molecule has 0 atom stereocenters. The Labute approximate surface area is 195 Å². The molecule has 0 aliphatic carbocycles. The molecule has 0 fully saturated rings. The molecule has 1 aliphatic rings. The van der Waals surface area contributed by atoms with Crippen LogP contribution in [0.2, 0.25) is 0 Å². The first-order valence-electron chi connectivity index (χ1n) is 10.4. The average Bonchev–Trinajstić information content (AvgIpc) is 3.49. The molecule has 166 valence electrons. The van der Waals surface area contributed by atoms with E-state index in [1.807, 2.05) is 53.1 Å². The molecule has 0 spiro atoms. The number of nitrogens with one attached hydrogen (secondary N) is 1. The summed E-state index contributed by atoms with van der Waals surface area (Å²) in [7, 11) is 0. The SMILES string of the molecule is O=C(CSc1nnc(-c2ccncc2)n1Cc1ccccc1)NCc1ccc2c(c1)OCO2. The fourth-order valence-corrected chi connectivity index (χ4v) is 4.22. The topological polar surface area (TPSA) is 91.2 Å². The van der Waals surface area contributed by atoms with Gasteiger partial charge in [0.25, 0.3) is 0 Å². The fraction of sp³-hybridized carbons (Fsp3) is 0.167. The molecule has 9 heteroatoms. The molecule has 2 aromatic carbocycles. The molecule has 0 radical (unpaired) electrons. The number of aromatic nitrogens is 4. The monoisotopic (exact) mass is 459 g/mol. The van der Waals surface area contributed by atoms with Crippen molar-refractivity contribution in [2.45, 2.75) is 18.2 Å². The Balaban J connectivity index is 1.26. The zero-order valence-electron chi connectivity index (χ0n) is 17.7. The van der Waals surface area contributed by atoms with E-state index in [4.69, 9.17) is 9.47 Å². The first kappa shape index (κ1) is 21.0. The lowest BCUT2D eigenvalue weighted by atomic mass is 10.2. The highest BCUT2D eigenvalue weighted by Crippen LogP contribution is 2.32. The van der Waals surface area contributed by atoms with Crippen LogP contribution < -0.4 is 14.8 Å². The number of hydrogen-bond acceptors (Lipinski definition) is 7. The molecule has 0 bridgehead atoms. The molecule has 5 rings (SSSR count). The fourth-order valence-electron chi connectivity index (χ4n) is 3.45. The largest absolute Gasteiger partial charge is 0.454 e. The number of rotatable bonds is 8. The minimum Gasteiger partial charge on any atom is -0.454 e.